The fraction of sp³-hybridized carbons (Fsp3) is 0.115. The second kappa shape index (κ2) is 7.46. The first-order valence-electron chi connectivity index (χ1n) is 10.7. The predicted molar refractivity (Wildman–Crippen MR) is 126 cm³/mol. The number of pyridine rings is 1. The van der Waals surface area contributed by atoms with Crippen molar-refractivity contribution in [2.24, 2.45) is 16.8 Å². The molecule has 0 unspecified atom stereocenters. The molecule has 0 saturated carbocycles. The molecular weight excluding hydrogens is 454 g/mol. The molecule has 2 aromatic carbocycles. The van der Waals surface area contributed by atoms with Crippen molar-refractivity contribution < 1.29 is 19.5 Å². The molecule has 2 amide bonds. The molecule has 1 N–H and O–H groups in total. The molecule has 3 atom stereocenters. The monoisotopic (exact) mass is 469 g/mol. The fourth-order valence-corrected chi connectivity index (χ4v) is 5.10. The molecule has 0 radical (unpaired) electrons. The molecule has 3 aliphatic rings. The smallest absolute Gasteiger partial charge is 0.243 e. The number of Topliss-reactive ketones (excluding diaryl/α,β-unsaturated/α-hetero) is 1. The largest absolute Gasteiger partial charge is 0.506 e. The van der Waals surface area contributed by atoms with Crippen molar-refractivity contribution in [2.75, 3.05) is 4.90 Å². The van der Waals surface area contributed by atoms with Gasteiger partial charge in [-0.25, -0.2) is 4.90 Å². The molecule has 3 heterocycles. The lowest BCUT2D eigenvalue weighted by Gasteiger charge is -2.18. The number of carbonyl (C=O) groups excluding carboxylic acids is 3. The van der Waals surface area contributed by atoms with Crippen LogP contribution in [0.4, 0.5) is 5.69 Å². The summed E-state index contributed by atoms with van der Waals surface area (Å²) in [6, 6.07) is 17.5. The summed E-state index contributed by atoms with van der Waals surface area (Å²) in [4.78, 5) is 50.7. The Bertz CT molecular complexity index is 1450. The van der Waals surface area contributed by atoms with E-state index in [9.17, 15) is 19.5 Å². The van der Waals surface area contributed by atoms with E-state index in [0.29, 0.717) is 27.5 Å². The van der Waals surface area contributed by atoms with Crippen molar-refractivity contribution in [1.29, 1.82) is 0 Å². The number of imide groups is 1. The van der Waals surface area contributed by atoms with Crippen molar-refractivity contribution in [2.45, 2.75) is 6.04 Å². The fourth-order valence-electron chi connectivity index (χ4n) is 4.98. The number of aliphatic hydroxyl groups excluding tert-OH is 1. The van der Waals surface area contributed by atoms with Gasteiger partial charge in [-0.1, -0.05) is 41.9 Å². The molecule has 0 spiro atoms. The summed E-state index contributed by atoms with van der Waals surface area (Å²) in [6.07, 6.45) is 1.59. The Labute approximate surface area is 199 Å². The van der Waals surface area contributed by atoms with Gasteiger partial charge in [0.1, 0.15) is 11.8 Å². The molecule has 166 valence electrons. The average molecular weight is 470 g/mol. The second-order valence-electron chi connectivity index (χ2n) is 8.30. The van der Waals surface area contributed by atoms with Gasteiger partial charge in [-0.2, -0.15) is 0 Å². The predicted octanol–water partition coefficient (Wildman–Crippen LogP) is 4.20. The molecule has 1 fully saturated rings. The first-order chi connectivity index (χ1) is 16.5. The molecule has 0 bridgehead atoms. The van der Waals surface area contributed by atoms with Gasteiger partial charge in [-0.15, -0.1) is 0 Å². The second-order valence-corrected chi connectivity index (χ2v) is 8.74. The van der Waals surface area contributed by atoms with E-state index in [0.717, 1.165) is 4.90 Å². The number of nitrogens with zero attached hydrogens (tertiary/aromatic N) is 3. The topological polar surface area (TPSA) is 99.9 Å². The molecular formula is C26H16ClN3O4. The Morgan fingerprint density at radius 2 is 1.56 bits per heavy atom. The van der Waals surface area contributed by atoms with Gasteiger partial charge in [0.05, 0.1) is 34.5 Å². The lowest BCUT2D eigenvalue weighted by atomic mass is 9.84. The molecule has 3 aromatic rings. The van der Waals surface area contributed by atoms with Crippen LogP contribution in [0.1, 0.15) is 27.7 Å². The zero-order valence-electron chi connectivity index (χ0n) is 17.6. The van der Waals surface area contributed by atoms with Gasteiger partial charge in [-0.05, 0) is 36.4 Å². The van der Waals surface area contributed by atoms with Gasteiger partial charge >= 0.3 is 0 Å². The summed E-state index contributed by atoms with van der Waals surface area (Å²) in [7, 11) is 0. The van der Waals surface area contributed by atoms with Crippen molar-refractivity contribution in [1.82, 2.24) is 4.98 Å². The Morgan fingerprint density at radius 1 is 0.853 bits per heavy atom. The molecule has 34 heavy (non-hydrogen) atoms. The van der Waals surface area contributed by atoms with Crippen LogP contribution in [-0.4, -0.2) is 33.4 Å². The van der Waals surface area contributed by atoms with E-state index in [2.05, 4.69) is 9.98 Å². The number of aliphatic imine (C=N–C) groups is 1. The Hall–Kier alpha value is -4.10. The highest BCUT2D eigenvalue weighted by Gasteiger charge is 2.59. The summed E-state index contributed by atoms with van der Waals surface area (Å²) in [5, 5.41) is 11.4. The summed E-state index contributed by atoms with van der Waals surface area (Å²) < 4.78 is 0. The zero-order chi connectivity index (χ0) is 23.6. The highest BCUT2D eigenvalue weighted by Crippen LogP contribution is 2.48. The maximum absolute atomic E-state index is 13.7. The third-order valence-electron chi connectivity index (χ3n) is 6.49. The number of fused-ring (bicyclic) bond motifs is 2. The van der Waals surface area contributed by atoms with Gasteiger partial charge in [0.15, 0.2) is 5.78 Å². The van der Waals surface area contributed by atoms with Crippen LogP contribution in [0, 0.1) is 11.8 Å². The van der Waals surface area contributed by atoms with Gasteiger partial charge < -0.3 is 5.11 Å². The molecule has 1 saturated heterocycles. The van der Waals surface area contributed by atoms with Crippen LogP contribution in [0.15, 0.2) is 83.5 Å². The van der Waals surface area contributed by atoms with E-state index < -0.39 is 35.5 Å². The third kappa shape index (κ3) is 2.80. The number of anilines is 1. The van der Waals surface area contributed by atoms with E-state index >= 15 is 0 Å². The SMILES string of the molecule is O=C1C(C2=N[C@@H](c3ccccn3)[C@@H]3C(=O)N(c4ccc(Cl)cc4)C(=O)[C@@H]23)=C(O)c2ccccc21. The zero-order valence-corrected chi connectivity index (χ0v) is 18.3. The Morgan fingerprint density at radius 3 is 2.24 bits per heavy atom. The lowest BCUT2D eigenvalue weighted by Crippen LogP contribution is -2.33. The quantitative estimate of drug-likeness (QED) is 0.579. The van der Waals surface area contributed by atoms with Crippen molar-refractivity contribution in [3.05, 3.63) is 100 Å². The van der Waals surface area contributed by atoms with Crippen molar-refractivity contribution >= 4 is 46.4 Å². The molecule has 7 nitrogen and oxygen atoms in total. The summed E-state index contributed by atoms with van der Waals surface area (Å²) >= 11 is 5.99. The van der Waals surface area contributed by atoms with Crippen LogP contribution in [0.5, 0.6) is 0 Å². The van der Waals surface area contributed by atoms with Gasteiger partial charge in [-0.3, -0.25) is 24.4 Å². The molecule has 1 aliphatic carbocycles. The first kappa shape index (κ1) is 20.5. The Balaban J connectivity index is 1.51. The van der Waals surface area contributed by atoms with E-state index in [-0.39, 0.29) is 17.0 Å². The maximum Gasteiger partial charge on any atom is 0.243 e. The highest BCUT2D eigenvalue weighted by atomic mass is 35.5. The van der Waals surface area contributed by atoms with E-state index in [1.54, 1.807) is 72.9 Å². The van der Waals surface area contributed by atoms with Crippen molar-refractivity contribution in [3.63, 3.8) is 0 Å². The van der Waals surface area contributed by atoms with Crippen LogP contribution in [-0.2, 0) is 9.59 Å². The third-order valence-corrected chi connectivity index (χ3v) is 6.74. The van der Waals surface area contributed by atoms with Crippen LogP contribution < -0.4 is 4.90 Å². The van der Waals surface area contributed by atoms with Crippen molar-refractivity contribution in [3.8, 4) is 0 Å². The number of hydrogen-bond acceptors (Lipinski definition) is 6. The molecule has 1 aromatic heterocycles. The van der Waals surface area contributed by atoms with E-state index in [4.69, 9.17) is 11.6 Å². The highest BCUT2D eigenvalue weighted by molar-refractivity contribution is 6.42. The first-order valence-corrected chi connectivity index (χ1v) is 11.0. The summed E-state index contributed by atoms with van der Waals surface area (Å²) in [6.45, 7) is 0. The minimum absolute atomic E-state index is 0.0336. The standard InChI is InChI=1S/C26H16ClN3O4/c27-13-8-10-14(11-9-13)30-25(33)18-19(26(30)34)22(29-21(18)17-7-3-4-12-28-17)20-23(31)15-5-1-2-6-16(15)24(20)32/h1-12,18-19,21,31H/t18-,19-,21+/m1/s1. The van der Waals surface area contributed by atoms with Crippen LogP contribution >= 0.6 is 11.6 Å². The molecule has 6 rings (SSSR count). The molecule has 8 heteroatoms. The Kier molecular flexibility index (Phi) is 4.50. The number of aliphatic hydroxyl groups is 1. The number of benzene rings is 2. The number of halogens is 1. The van der Waals surface area contributed by atoms with Gasteiger partial charge in [0.25, 0.3) is 0 Å². The maximum atomic E-state index is 13.7. The minimum Gasteiger partial charge on any atom is -0.506 e. The number of carbonyl (C=O) groups is 3. The van der Waals surface area contributed by atoms with E-state index in [1.165, 1.54) is 0 Å². The number of hydrogen-bond donors (Lipinski definition) is 1. The lowest BCUT2D eigenvalue weighted by molar-refractivity contribution is -0.122. The molecule has 2 aliphatic heterocycles. The average Bonchev–Trinajstić information content (AvgIpc) is 3.45. The van der Waals surface area contributed by atoms with Crippen LogP contribution in [0.25, 0.3) is 5.76 Å². The minimum atomic E-state index is -1.02. The normalized spacial score (nSPS) is 23.4. The number of rotatable bonds is 3. The van der Waals surface area contributed by atoms with E-state index in [1.807, 2.05) is 0 Å². The van der Waals surface area contributed by atoms with Crippen LogP contribution in [0.2, 0.25) is 5.02 Å². The number of aromatic nitrogens is 1. The number of ketones is 1. The van der Waals surface area contributed by atoms with Gasteiger partial charge in [0, 0.05) is 22.3 Å². The summed E-state index contributed by atoms with van der Waals surface area (Å²) in [5.74, 6) is -3.49. The number of allylic oxidation sites excluding steroid dienone is 1. The summed E-state index contributed by atoms with van der Waals surface area (Å²) in [5.41, 5.74) is 1.70. The number of amides is 2. The van der Waals surface area contributed by atoms with Gasteiger partial charge in [0.2, 0.25) is 11.8 Å². The van der Waals surface area contributed by atoms with Crippen LogP contribution in [0.3, 0.4) is 0 Å².